The number of nitrogens with zero attached hydrogens (tertiary/aromatic N) is 1. The fourth-order valence-electron chi connectivity index (χ4n) is 1.41. The first-order valence-electron chi connectivity index (χ1n) is 5.69. The zero-order valence-corrected chi connectivity index (χ0v) is 10.5. The molecule has 0 aromatic heterocycles. The first kappa shape index (κ1) is 13.2. The second kappa shape index (κ2) is 6.69. The van der Waals surface area contributed by atoms with Crippen LogP contribution in [0, 0.1) is 0 Å². The summed E-state index contributed by atoms with van der Waals surface area (Å²) in [5.74, 6) is 0.797. The van der Waals surface area contributed by atoms with Crippen LogP contribution in [0.15, 0.2) is 65.9 Å². The highest BCUT2D eigenvalue weighted by Gasteiger charge is 2.16. The highest BCUT2D eigenvalue weighted by atomic mass is 16.5. The molecule has 1 unspecified atom stereocenters. The van der Waals surface area contributed by atoms with Crippen molar-refractivity contribution in [2.45, 2.75) is 20.0 Å². The Morgan fingerprint density at radius 2 is 2.24 bits per heavy atom. The minimum Gasteiger partial charge on any atom is -0.483 e. The molecule has 0 aliphatic carbocycles. The number of ether oxygens (including phenoxy) is 1. The first-order chi connectivity index (χ1) is 8.21. The summed E-state index contributed by atoms with van der Waals surface area (Å²) in [6, 6.07) is 0. The van der Waals surface area contributed by atoms with Gasteiger partial charge in [0.05, 0.1) is 12.3 Å². The fourth-order valence-corrected chi connectivity index (χ4v) is 1.41. The van der Waals surface area contributed by atoms with E-state index in [9.17, 15) is 0 Å². The van der Waals surface area contributed by atoms with Gasteiger partial charge in [0.2, 0.25) is 0 Å². The molecule has 0 aromatic rings. The van der Waals surface area contributed by atoms with Crippen LogP contribution in [0.3, 0.4) is 0 Å². The van der Waals surface area contributed by atoms with Crippen LogP contribution in [0.4, 0.5) is 0 Å². The Labute approximate surface area is 103 Å². The lowest BCUT2D eigenvalue weighted by Crippen LogP contribution is -2.23. The van der Waals surface area contributed by atoms with Gasteiger partial charge in [0.15, 0.2) is 0 Å². The van der Waals surface area contributed by atoms with Crippen molar-refractivity contribution in [2.75, 3.05) is 6.54 Å². The molecule has 0 amide bonds. The number of rotatable bonds is 4. The van der Waals surface area contributed by atoms with Gasteiger partial charge in [0.25, 0.3) is 0 Å². The smallest absolute Gasteiger partial charge is 0.141 e. The van der Waals surface area contributed by atoms with Gasteiger partial charge in [-0.2, -0.15) is 0 Å². The third-order valence-electron chi connectivity index (χ3n) is 2.43. The van der Waals surface area contributed by atoms with E-state index in [-0.39, 0.29) is 6.10 Å². The topological polar surface area (TPSA) is 21.6 Å². The lowest BCUT2D eigenvalue weighted by molar-refractivity contribution is 0.169. The highest BCUT2D eigenvalue weighted by molar-refractivity contribution is 6.06. The Morgan fingerprint density at radius 3 is 2.82 bits per heavy atom. The molecule has 0 bridgehead atoms. The maximum atomic E-state index is 5.77. The van der Waals surface area contributed by atoms with Crippen molar-refractivity contribution in [2.24, 2.45) is 4.99 Å². The molecular weight excluding hydrogens is 210 g/mol. The average Bonchev–Trinajstić information content (AvgIpc) is 2.38. The second-order valence-corrected chi connectivity index (χ2v) is 3.74. The molecule has 1 aliphatic rings. The summed E-state index contributed by atoms with van der Waals surface area (Å²) >= 11 is 0. The van der Waals surface area contributed by atoms with E-state index in [0.717, 1.165) is 17.0 Å². The average molecular weight is 229 g/mol. The number of aliphatic imine (C=N–C) groups is 1. The Kier molecular flexibility index (Phi) is 5.21. The van der Waals surface area contributed by atoms with Crippen molar-refractivity contribution in [3.8, 4) is 0 Å². The maximum Gasteiger partial charge on any atom is 0.141 e. The molecular formula is C15H19NO. The lowest BCUT2D eigenvalue weighted by Gasteiger charge is -2.21. The molecule has 1 aliphatic heterocycles. The molecule has 90 valence electrons. The molecule has 0 aromatic carbocycles. The molecule has 0 spiro atoms. The minimum absolute atomic E-state index is 0.00114. The van der Waals surface area contributed by atoms with Crippen LogP contribution in [0.2, 0.25) is 0 Å². The van der Waals surface area contributed by atoms with Crippen molar-refractivity contribution in [1.29, 1.82) is 0 Å². The zero-order chi connectivity index (χ0) is 12.7. The predicted octanol–water partition coefficient (Wildman–Crippen LogP) is 3.60. The molecule has 2 heteroatoms. The molecule has 0 N–H and O–H groups in total. The van der Waals surface area contributed by atoms with Gasteiger partial charge in [-0.05, 0) is 32.1 Å². The van der Waals surface area contributed by atoms with Crippen LogP contribution in [0.5, 0.6) is 0 Å². The fraction of sp³-hybridized carbons (Fsp3) is 0.267. The standard InChI is InChI=1S/C15H19NO/c1-5-12(4)9-8-10-13-11-16-14(6-2)15(7-3)17-13/h5-10,13H,1-2,11H2,3-4H3/b10-8?,12-9?,15-7+. The van der Waals surface area contributed by atoms with Gasteiger partial charge in [-0.3, -0.25) is 4.99 Å². The van der Waals surface area contributed by atoms with E-state index in [1.807, 2.05) is 44.2 Å². The molecule has 0 saturated heterocycles. The van der Waals surface area contributed by atoms with Gasteiger partial charge >= 0.3 is 0 Å². The Balaban J connectivity index is 2.69. The van der Waals surface area contributed by atoms with Gasteiger partial charge in [-0.1, -0.05) is 37.0 Å². The second-order valence-electron chi connectivity index (χ2n) is 3.74. The molecule has 1 heterocycles. The number of hydrogen-bond acceptors (Lipinski definition) is 2. The van der Waals surface area contributed by atoms with E-state index in [4.69, 9.17) is 4.74 Å². The molecule has 1 atom stereocenters. The Hall–Kier alpha value is -1.83. The molecule has 0 saturated carbocycles. The summed E-state index contributed by atoms with van der Waals surface area (Å²) in [7, 11) is 0. The van der Waals surface area contributed by atoms with Crippen molar-refractivity contribution in [1.82, 2.24) is 0 Å². The van der Waals surface area contributed by atoms with Crippen LogP contribution in [-0.2, 0) is 4.74 Å². The van der Waals surface area contributed by atoms with Crippen molar-refractivity contribution in [3.63, 3.8) is 0 Å². The molecule has 2 nitrogen and oxygen atoms in total. The van der Waals surface area contributed by atoms with Crippen LogP contribution >= 0.6 is 0 Å². The summed E-state index contributed by atoms with van der Waals surface area (Å²) in [6.45, 7) is 12.0. The minimum atomic E-state index is -0.00114. The van der Waals surface area contributed by atoms with Crippen molar-refractivity contribution >= 4 is 5.71 Å². The van der Waals surface area contributed by atoms with Gasteiger partial charge in [0, 0.05) is 0 Å². The van der Waals surface area contributed by atoms with E-state index < -0.39 is 0 Å². The summed E-state index contributed by atoms with van der Waals surface area (Å²) in [5.41, 5.74) is 1.95. The summed E-state index contributed by atoms with van der Waals surface area (Å²) in [6.07, 6.45) is 11.4. The number of allylic oxidation sites excluding steroid dienone is 6. The maximum absolute atomic E-state index is 5.77. The monoisotopic (exact) mass is 229 g/mol. The lowest BCUT2D eigenvalue weighted by atomic mass is 10.2. The van der Waals surface area contributed by atoms with Gasteiger partial charge in [-0.15, -0.1) is 0 Å². The largest absolute Gasteiger partial charge is 0.483 e. The third kappa shape index (κ3) is 3.91. The summed E-state index contributed by atoms with van der Waals surface area (Å²) < 4.78 is 5.77. The van der Waals surface area contributed by atoms with Crippen molar-refractivity contribution < 1.29 is 4.74 Å². The number of hydrogen-bond donors (Lipinski definition) is 0. The molecule has 0 radical (unpaired) electrons. The summed E-state index contributed by atoms with van der Waals surface area (Å²) in [4.78, 5) is 4.41. The van der Waals surface area contributed by atoms with Crippen LogP contribution in [0.25, 0.3) is 0 Å². The van der Waals surface area contributed by atoms with Crippen LogP contribution in [0.1, 0.15) is 13.8 Å². The van der Waals surface area contributed by atoms with Gasteiger partial charge < -0.3 is 4.74 Å². The van der Waals surface area contributed by atoms with E-state index in [0.29, 0.717) is 6.54 Å². The third-order valence-corrected chi connectivity index (χ3v) is 2.43. The van der Waals surface area contributed by atoms with E-state index in [1.165, 1.54) is 0 Å². The highest BCUT2D eigenvalue weighted by Crippen LogP contribution is 2.14. The van der Waals surface area contributed by atoms with Gasteiger partial charge in [0.1, 0.15) is 11.9 Å². The SMILES string of the molecule is C=CC(C)=CC=CC1CN=C(C=C)/C(=C\C)O1. The normalized spacial score (nSPS) is 23.4. The van der Waals surface area contributed by atoms with E-state index >= 15 is 0 Å². The van der Waals surface area contributed by atoms with E-state index in [1.54, 1.807) is 6.08 Å². The van der Waals surface area contributed by atoms with Gasteiger partial charge in [-0.25, -0.2) is 0 Å². The molecule has 1 rings (SSSR count). The quantitative estimate of drug-likeness (QED) is 0.675. The van der Waals surface area contributed by atoms with Crippen molar-refractivity contribution in [3.05, 3.63) is 60.9 Å². The van der Waals surface area contributed by atoms with E-state index in [2.05, 4.69) is 18.2 Å². The zero-order valence-electron chi connectivity index (χ0n) is 10.5. The Bertz CT molecular complexity index is 411. The first-order valence-corrected chi connectivity index (χ1v) is 5.69. The summed E-state index contributed by atoms with van der Waals surface area (Å²) in [5, 5.41) is 0. The molecule has 17 heavy (non-hydrogen) atoms. The van der Waals surface area contributed by atoms with Crippen LogP contribution < -0.4 is 0 Å². The van der Waals surface area contributed by atoms with Crippen LogP contribution in [-0.4, -0.2) is 18.4 Å². The Morgan fingerprint density at radius 1 is 1.47 bits per heavy atom. The molecule has 0 fully saturated rings. The predicted molar refractivity (Wildman–Crippen MR) is 74.2 cm³/mol.